The average molecular weight is 452 g/mol. The van der Waals surface area contributed by atoms with Gasteiger partial charge in [-0.2, -0.15) is 14.7 Å². The van der Waals surface area contributed by atoms with Crippen LogP contribution >= 0.6 is 11.3 Å². The van der Waals surface area contributed by atoms with Crippen LogP contribution in [0.2, 0.25) is 0 Å². The lowest BCUT2D eigenvalue weighted by Gasteiger charge is -2.13. The van der Waals surface area contributed by atoms with Crippen molar-refractivity contribution in [2.24, 2.45) is 0 Å². The minimum absolute atomic E-state index is 0.300. The largest absolute Gasteiger partial charge is 0.493 e. The van der Waals surface area contributed by atoms with Crippen LogP contribution in [0.25, 0.3) is 38.3 Å². The first-order valence-corrected chi connectivity index (χ1v) is 10.3. The molecule has 1 N–H and O–H groups in total. The summed E-state index contributed by atoms with van der Waals surface area (Å²) in [5.74, 6) is 1.78. The van der Waals surface area contributed by atoms with Gasteiger partial charge < -0.3 is 14.2 Å². The molecule has 5 aromatic rings. The lowest BCUT2D eigenvalue weighted by molar-refractivity contribution is 0.324. The predicted octanol–water partition coefficient (Wildman–Crippen LogP) is 4.07. The second-order valence-corrected chi connectivity index (χ2v) is 7.67. The Kier molecular flexibility index (Phi) is 4.94. The molecule has 0 spiro atoms. The van der Waals surface area contributed by atoms with E-state index in [1.807, 2.05) is 18.2 Å². The van der Waals surface area contributed by atoms with Gasteiger partial charge in [0.05, 0.1) is 27.0 Å². The molecule has 5 rings (SSSR count). The summed E-state index contributed by atoms with van der Waals surface area (Å²) < 4.78 is 31.1. The predicted molar refractivity (Wildman–Crippen MR) is 117 cm³/mol. The van der Waals surface area contributed by atoms with Crippen molar-refractivity contribution in [3.8, 4) is 50.6 Å². The second-order valence-electron chi connectivity index (χ2n) is 6.71. The first-order valence-electron chi connectivity index (χ1n) is 9.45. The van der Waals surface area contributed by atoms with Gasteiger partial charge >= 0.3 is 0 Å². The highest BCUT2D eigenvalue weighted by Gasteiger charge is 2.20. The number of benzene rings is 2. The van der Waals surface area contributed by atoms with Crippen LogP contribution in [-0.2, 0) is 0 Å². The number of aromatic amines is 1. The van der Waals surface area contributed by atoms with Crippen LogP contribution in [0.3, 0.4) is 0 Å². The van der Waals surface area contributed by atoms with E-state index in [1.165, 1.54) is 23.5 Å². The summed E-state index contributed by atoms with van der Waals surface area (Å²) in [6, 6.07) is 11.6. The number of nitrogens with one attached hydrogen (secondary N) is 1. The fourth-order valence-electron chi connectivity index (χ4n) is 3.31. The van der Waals surface area contributed by atoms with E-state index >= 15 is 0 Å². The van der Waals surface area contributed by atoms with Crippen molar-refractivity contribution in [1.82, 2.24) is 30.0 Å². The number of hydrogen-bond donors (Lipinski definition) is 1. The molecule has 0 unspecified atom stereocenters. The number of methoxy groups -OCH3 is 3. The fourth-order valence-corrected chi connectivity index (χ4v) is 4.14. The number of nitrogens with zero attached hydrogens (tertiary/aromatic N) is 5. The molecular weight excluding hydrogens is 435 g/mol. The van der Waals surface area contributed by atoms with Gasteiger partial charge in [-0.3, -0.25) is 5.10 Å². The monoisotopic (exact) mass is 452 g/mol. The van der Waals surface area contributed by atoms with E-state index < -0.39 is 0 Å². The molecule has 0 amide bonds. The Bertz CT molecular complexity index is 1380. The Morgan fingerprint density at radius 1 is 0.906 bits per heavy atom. The van der Waals surface area contributed by atoms with Crippen LogP contribution in [0.5, 0.6) is 17.2 Å². The van der Waals surface area contributed by atoms with Gasteiger partial charge in [0.1, 0.15) is 16.5 Å². The Morgan fingerprint density at radius 2 is 1.62 bits per heavy atom. The van der Waals surface area contributed by atoms with Crippen LogP contribution < -0.4 is 14.2 Å². The summed E-state index contributed by atoms with van der Waals surface area (Å²) in [6.07, 6.45) is 0. The van der Waals surface area contributed by atoms with Crippen LogP contribution in [0.1, 0.15) is 0 Å². The molecule has 0 saturated carbocycles. The van der Waals surface area contributed by atoms with E-state index in [-0.39, 0.29) is 5.82 Å². The van der Waals surface area contributed by atoms with E-state index in [2.05, 4.69) is 25.5 Å². The van der Waals surface area contributed by atoms with Crippen LogP contribution in [-0.4, -0.2) is 51.3 Å². The van der Waals surface area contributed by atoms with Crippen LogP contribution in [0.4, 0.5) is 4.39 Å². The number of ether oxygens (including phenoxy) is 3. The maximum Gasteiger partial charge on any atom is 0.235 e. The van der Waals surface area contributed by atoms with Gasteiger partial charge in [-0.25, -0.2) is 4.39 Å². The normalized spacial score (nSPS) is 11.1. The molecule has 9 nitrogen and oxygen atoms in total. The molecule has 0 bridgehead atoms. The van der Waals surface area contributed by atoms with Gasteiger partial charge in [0.15, 0.2) is 11.5 Å². The second kappa shape index (κ2) is 7.93. The summed E-state index contributed by atoms with van der Waals surface area (Å²) in [4.78, 5) is 0.613. The minimum atomic E-state index is -0.300. The molecule has 3 aromatic heterocycles. The lowest BCUT2D eigenvalue weighted by atomic mass is 10.1. The first-order chi connectivity index (χ1) is 15.6. The van der Waals surface area contributed by atoms with Gasteiger partial charge in [0.2, 0.25) is 16.5 Å². The maximum atomic E-state index is 13.2. The highest BCUT2D eigenvalue weighted by atomic mass is 32.1. The molecule has 32 heavy (non-hydrogen) atoms. The Labute approximate surface area is 185 Å². The van der Waals surface area contributed by atoms with Gasteiger partial charge in [-0.05, 0) is 42.5 Å². The topological polar surface area (TPSA) is 99.5 Å². The molecule has 0 aliphatic rings. The van der Waals surface area contributed by atoms with E-state index in [0.717, 1.165) is 11.1 Å². The van der Waals surface area contributed by atoms with Crippen LogP contribution in [0.15, 0.2) is 42.5 Å². The van der Waals surface area contributed by atoms with E-state index in [1.54, 1.807) is 38.0 Å². The molecule has 0 aliphatic heterocycles. The number of halogens is 1. The third kappa shape index (κ3) is 3.32. The Balaban J connectivity index is 1.54. The molecule has 0 atom stereocenters. The third-order valence-corrected chi connectivity index (χ3v) is 5.81. The van der Waals surface area contributed by atoms with Gasteiger partial charge in [0, 0.05) is 11.1 Å². The zero-order valence-corrected chi connectivity index (χ0v) is 18.1. The molecule has 0 aliphatic carbocycles. The average Bonchev–Trinajstić information content (AvgIpc) is 3.54. The standard InChI is InChI=1S/C21H17FN6O3S/c1-29-16-8-12(9-17(30-2)18(16)31-3)20-27-28-19(25-26-21(28)32-20)15-10-14(23-24-15)11-4-6-13(22)7-5-11/h4-10H,1-3H3,(H,23,24). The van der Waals surface area contributed by atoms with Gasteiger partial charge in [-0.15, -0.1) is 10.2 Å². The van der Waals surface area contributed by atoms with E-state index in [0.29, 0.717) is 44.4 Å². The molecule has 11 heteroatoms. The van der Waals surface area contributed by atoms with Crippen molar-refractivity contribution >= 4 is 16.3 Å². The maximum absolute atomic E-state index is 13.2. The van der Waals surface area contributed by atoms with Crippen molar-refractivity contribution in [2.75, 3.05) is 21.3 Å². The summed E-state index contributed by atoms with van der Waals surface area (Å²) in [6.45, 7) is 0. The van der Waals surface area contributed by atoms with Crippen molar-refractivity contribution in [3.05, 3.63) is 48.3 Å². The van der Waals surface area contributed by atoms with Crippen molar-refractivity contribution in [3.63, 3.8) is 0 Å². The summed E-state index contributed by atoms with van der Waals surface area (Å²) >= 11 is 1.37. The minimum Gasteiger partial charge on any atom is -0.493 e. The summed E-state index contributed by atoms with van der Waals surface area (Å²) in [5, 5.41) is 21.1. The van der Waals surface area contributed by atoms with E-state index in [9.17, 15) is 4.39 Å². The lowest BCUT2D eigenvalue weighted by Crippen LogP contribution is -1.96. The zero-order chi connectivity index (χ0) is 22.2. The molecule has 162 valence electrons. The Morgan fingerprint density at radius 3 is 2.28 bits per heavy atom. The van der Waals surface area contributed by atoms with E-state index in [4.69, 9.17) is 14.2 Å². The number of hydrogen-bond acceptors (Lipinski definition) is 8. The molecule has 2 aromatic carbocycles. The van der Waals surface area contributed by atoms with Gasteiger partial charge in [0.25, 0.3) is 0 Å². The third-order valence-electron chi connectivity index (χ3n) is 4.86. The highest BCUT2D eigenvalue weighted by molar-refractivity contribution is 7.19. The smallest absolute Gasteiger partial charge is 0.235 e. The summed E-state index contributed by atoms with van der Waals surface area (Å²) in [5.41, 5.74) is 2.87. The SMILES string of the molecule is COc1cc(-c2nn3c(-c4cc(-c5ccc(F)cc5)n[nH]4)nnc3s2)cc(OC)c1OC. The fraction of sp³-hybridized carbons (Fsp3) is 0.143. The molecule has 3 heterocycles. The number of fused-ring (bicyclic) bond motifs is 1. The summed E-state index contributed by atoms with van der Waals surface area (Å²) in [7, 11) is 4.68. The molecule has 0 fully saturated rings. The zero-order valence-electron chi connectivity index (χ0n) is 17.3. The van der Waals surface area contributed by atoms with Crippen LogP contribution in [0, 0.1) is 5.82 Å². The quantitative estimate of drug-likeness (QED) is 0.414. The van der Waals surface area contributed by atoms with Gasteiger partial charge in [-0.1, -0.05) is 11.3 Å². The first kappa shape index (κ1) is 19.9. The van der Waals surface area contributed by atoms with Crippen molar-refractivity contribution in [2.45, 2.75) is 0 Å². The molecule has 0 radical (unpaired) electrons. The number of aromatic nitrogens is 6. The molecular formula is C21H17FN6O3S. The number of H-pyrrole nitrogens is 1. The van der Waals surface area contributed by atoms with Crippen molar-refractivity contribution < 1.29 is 18.6 Å². The highest BCUT2D eigenvalue weighted by Crippen LogP contribution is 2.42. The number of rotatable bonds is 6. The molecule has 0 saturated heterocycles. The van der Waals surface area contributed by atoms with Crippen molar-refractivity contribution in [1.29, 1.82) is 0 Å². The Hall–Kier alpha value is -3.99.